The molecule has 0 unspecified atom stereocenters. The largest absolute Gasteiger partial charge is 0.495 e. The van der Waals surface area contributed by atoms with Crippen molar-refractivity contribution in [1.82, 2.24) is 4.90 Å². The third-order valence-electron chi connectivity index (χ3n) is 5.14. The second kappa shape index (κ2) is 12.0. The molecule has 0 aliphatic carbocycles. The summed E-state index contributed by atoms with van der Waals surface area (Å²) in [7, 11) is 1.56. The van der Waals surface area contributed by atoms with Gasteiger partial charge in [-0.05, 0) is 48.9 Å². The topological polar surface area (TPSA) is 80.0 Å². The van der Waals surface area contributed by atoms with Crippen LogP contribution < -0.4 is 15.8 Å². The number of anilines is 1. The second-order valence-electron chi connectivity index (χ2n) is 7.19. The Morgan fingerprint density at radius 1 is 1.23 bits per heavy atom. The molecule has 8 heteroatoms. The average molecular weight is 543 g/mol. The molecule has 1 amide bonds. The highest BCUT2D eigenvalue weighted by atomic mass is 127. The lowest BCUT2D eigenvalue weighted by Gasteiger charge is -2.31. The zero-order chi connectivity index (χ0) is 20.6. The first-order chi connectivity index (χ1) is 14.0. The van der Waals surface area contributed by atoms with Crippen molar-refractivity contribution in [2.24, 2.45) is 16.6 Å². The number of rotatable bonds is 6. The number of ether oxygens (including phenoxy) is 1. The molecule has 6 nitrogen and oxygen atoms in total. The molecule has 0 aromatic heterocycles. The molecular weight excluding hydrogens is 515 g/mol. The molecule has 0 bridgehead atoms. The van der Waals surface area contributed by atoms with E-state index in [1.165, 1.54) is 5.56 Å². The summed E-state index contributed by atoms with van der Waals surface area (Å²) in [5.74, 6) is 1.38. The van der Waals surface area contributed by atoms with E-state index in [0.29, 0.717) is 22.4 Å². The van der Waals surface area contributed by atoms with Gasteiger partial charge in [0.2, 0.25) is 5.91 Å². The van der Waals surface area contributed by atoms with Gasteiger partial charge in [-0.2, -0.15) is 0 Å². The summed E-state index contributed by atoms with van der Waals surface area (Å²) in [5.41, 5.74) is 7.95. The predicted molar refractivity (Wildman–Crippen MR) is 133 cm³/mol. The number of aliphatic imine (C=N–C) groups is 1. The van der Waals surface area contributed by atoms with Crippen LogP contribution in [-0.4, -0.2) is 43.5 Å². The van der Waals surface area contributed by atoms with E-state index in [9.17, 15) is 4.79 Å². The number of hydrogen-bond donors (Lipinski definition) is 2. The van der Waals surface area contributed by atoms with Crippen LogP contribution in [0.4, 0.5) is 5.69 Å². The fourth-order valence-electron chi connectivity index (χ4n) is 3.52. The van der Waals surface area contributed by atoms with Crippen LogP contribution in [-0.2, 0) is 11.2 Å². The molecule has 0 atom stereocenters. The zero-order valence-corrected chi connectivity index (χ0v) is 20.1. The number of guanidine groups is 1. The van der Waals surface area contributed by atoms with E-state index in [4.69, 9.17) is 22.1 Å². The van der Waals surface area contributed by atoms with Gasteiger partial charge in [0.05, 0.1) is 12.1 Å². The summed E-state index contributed by atoms with van der Waals surface area (Å²) >= 11 is 6.10. The van der Waals surface area contributed by atoms with Gasteiger partial charge >= 0.3 is 0 Å². The van der Waals surface area contributed by atoms with Gasteiger partial charge in [-0.3, -0.25) is 4.79 Å². The van der Waals surface area contributed by atoms with Gasteiger partial charge in [0, 0.05) is 18.8 Å². The Morgan fingerprint density at radius 3 is 2.57 bits per heavy atom. The van der Waals surface area contributed by atoms with E-state index in [2.05, 4.69) is 34.6 Å². The predicted octanol–water partition coefficient (Wildman–Crippen LogP) is 4.17. The lowest BCUT2D eigenvalue weighted by atomic mass is 9.90. The molecule has 3 N–H and O–H groups in total. The molecule has 1 saturated heterocycles. The van der Waals surface area contributed by atoms with Gasteiger partial charge in [-0.15, -0.1) is 24.0 Å². The van der Waals surface area contributed by atoms with Gasteiger partial charge in [0.1, 0.15) is 12.3 Å². The van der Waals surface area contributed by atoms with Gasteiger partial charge in [0.25, 0.3) is 0 Å². The number of nitrogens with two attached hydrogens (primary N) is 1. The van der Waals surface area contributed by atoms with E-state index in [1.807, 2.05) is 11.0 Å². The van der Waals surface area contributed by atoms with E-state index >= 15 is 0 Å². The fraction of sp³-hybridized carbons (Fsp3) is 0.364. The highest BCUT2D eigenvalue weighted by Crippen LogP contribution is 2.27. The Labute approximate surface area is 199 Å². The highest BCUT2D eigenvalue weighted by Gasteiger charge is 2.22. The fourth-order valence-corrected chi connectivity index (χ4v) is 3.78. The standard InChI is InChI=1S/C22H27ClN4O2.HI/c1-29-20-8-7-18(14-19(20)23)26-22(24)25-15-21(28)27-11-9-17(10-12-27)13-16-5-3-2-4-6-16;/h2-8,14,17H,9-13,15H2,1H3,(H3,24,25,26);1H. The first kappa shape index (κ1) is 24.3. The number of benzene rings is 2. The SMILES string of the molecule is COc1ccc(NC(N)=NCC(=O)N2CCC(Cc3ccccc3)CC2)cc1Cl.I. The number of halogens is 2. The van der Waals surface area contributed by atoms with E-state index in [1.54, 1.807) is 25.3 Å². The van der Waals surface area contributed by atoms with Gasteiger partial charge in [0.15, 0.2) is 5.96 Å². The quantitative estimate of drug-likeness (QED) is 0.326. The molecule has 1 aliphatic heterocycles. The maximum atomic E-state index is 12.5. The Morgan fingerprint density at radius 2 is 1.93 bits per heavy atom. The normalized spacial score (nSPS) is 14.7. The number of likely N-dealkylation sites (tertiary alicyclic amines) is 1. The van der Waals surface area contributed by atoms with E-state index in [0.717, 1.165) is 32.4 Å². The van der Waals surface area contributed by atoms with Crippen molar-refractivity contribution < 1.29 is 9.53 Å². The molecule has 0 radical (unpaired) electrons. The summed E-state index contributed by atoms with van der Waals surface area (Å²) in [5, 5.41) is 3.42. The molecule has 2 aromatic carbocycles. The molecule has 30 heavy (non-hydrogen) atoms. The lowest BCUT2D eigenvalue weighted by molar-refractivity contribution is -0.130. The monoisotopic (exact) mass is 542 g/mol. The van der Waals surface area contributed by atoms with Crippen LogP contribution in [0.1, 0.15) is 18.4 Å². The molecule has 162 valence electrons. The van der Waals surface area contributed by atoms with E-state index in [-0.39, 0.29) is 42.4 Å². The van der Waals surface area contributed by atoms with Crippen LogP contribution in [0.2, 0.25) is 5.02 Å². The summed E-state index contributed by atoms with van der Waals surface area (Å²) in [6, 6.07) is 15.7. The van der Waals surface area contributed by atoms with Crippen molar-refractivity contribution in [1.29, 1.82) is 0 Å². The van der Waals surface area contributed by atoms with Crippen molar-refractivity contribution in [3.05, 3.63) is 59.1 Å². The smallest absolute Gasteiger partial charge is 0.244 e. The molecule has 0 spiro atoms. The highest BCUT2D eigenvalue weighted by molar-refractivity contribution is 14.0. The summed E-state index contributed by atoms with van der Waals surface area (Å²) in [6.45, 7) is 1.58. The number of nitrogens with zero attached hydrogens (tertiary/aromatic N) is 2. The van der Waals surface area contributed by atoms with Crippen LogP contribution in [0.5, 0.6) is 5.75 Å². The van der Waals surface area contributed by atoms with Crippen molar-refractivity contribution >= 4 is 53.1 Å². The number of amides is 1. The molecule has 0 saturated carbocycles. The first-order valence-electron chi connectivity index (χ1n) is 9.77. The van der Waals surface area contributed by atoms with Crippen LogP contribution in [0.3, 0.4) is 0 Å². The van der Waals surface area contributed by atoms with Crippen LogP contribution in [0.15, 0.2) is 53.5 Å². The Bertz CT molecular complexity index is 855. The van der Waals surface area contributed by atoms with Crippen molar-refractivity contribution in [3.63, 3.8) is 0 Å². The Hall–Kier alpha value is -2.00. The number of carbonyl (C=O) groups is 1. The summed E-state index contributed by atoms with van der Waals surface area (Å²) in [4.78, 5) is 18.5. The summed E-state index contributed by atoms with van der Waals surface area (Å²) < 4.78 is 5.12. The molecule has 1 aliphatic rings. The van der Waals surface area contributed by atoms with Crippen molar-refractivity contribution in [2.75, 3.05) is 32.1 Å². The molecule has 1 fully saturated rings. The number of hydrogen-bond acceptors (Lipinski definition) is 3. The van der Waals surface area contributed by atoms with Gasteiger partial charge < -0.3 is 20.7 Å². The number of piperidine rings is 1. The van der Waals surface area contributed by atoms with E-state index < -0.39 is 0 Å². The third kappa shape index (κ3) is 7.05. The third-order valence-corrected chi connectivity index (χ3v) is 5.44. The van der Waals surface area contributed by atoms with Gasteiger partial charge in [-0.25, -0.2) is 4.99 Å². The minimum absolute atomic E-state index is 0. The van der Waals surface area contributed by atoms with Crippen molar-refractivity contribution in [3.8, 4) is 5.75 Å². The minimum atomic E-state index is 0. The maximum Gasteiger partial charge on any atom is 0.244 e. The zero-order valence-electron chi connectivity index (χ0n) is 17.0. The minimum Gasteiger partial charge on any atom is -0.495 e. The molecule has 1 heterocycles. The van der Waals surface area contributed by atoms with Crippen LogP contribution in [0, 0.1) is 5.92 Å². The Kier molecular flexibility index (Phi) is 9.71. The average Bonchev–Trinajstić information content (AvgIpc) is 2.73. The lowest BCUT2D eigenvalue weighted by Crippen LogP contribution is -2.40. The number of nitrogens with one attached hydrogen (secondary N) is 1. The number of carbonyl (C=O) groups excluding carboxylic acids is 1. The van der Waals surface area contributed by atoms with Crippen molar-refractivity contribution in [2.45, 2.75) is 19.3 Å². The van der Waals surface area contributed by atoms with Crippen LogP contribution in [0.25, 0.3) is 0 Å². The second-order valence-corrected chi connectivity index (χ2v) is 7.60. The van der Waals surface area contributed by atoms with Crippen LogP contribution >= 0.6 is 35.6 Å². The number of methoxy groups -OCH3 is 1. The Balaban J connectivity index is 0.00000320. The van der Waals surface area contributed by atoms with Gasteiger partial charge in [-0.1, -0.05) is 41.9 Å². The molecule has 2 aromatic rings. The molecular formula is C22H28ClIN4O2. The first-order valence-corrected chi connectivity index (χ1v) is 10.1. The molecule has 3 rings (SSSR count). The maximum absolute atomic E-state index is 12.5. The summed E-state index contributed by atoms with van der Waals surface area (Å²) in [6.07, 6.45) is 3.10.